The molecule has 3 unspecified atom stereocenters. The summed E-state index contributed by atoms with van der Waals surface area (Å²) >= 11 is 0. The normalized spacial score (nSPS) is 33.5. The molecule has 4 nitrogen and oxygen atoms in total. The van der Waals surface area contributed by atoms with E-state index in [0.29, 0.717) is 0 Å². The van der Waals surface area contributed by atoms with Gasteiger partial charge in [0.15, 0.2) is 0 Å². The number of ether oxygens (including phenoxy) is 1. The fourth-order valence-corrected chi connectivity index (χ4v) is 1.34. The molecule has 1 rings (SSSR count). The highest BCUT2D eigenvalue weighted by molar-refractivity contribution is 5.75. The van der Waals surface area contributed by atoms with Crippen LogP contribution in [0.15, 0.2) is 0 Å². The smallest absolute Gasteiger partial charge is 0.312 e. The molecule has 0 amide bonds. The molecule has 1 aliphatic heterocycles. The van der Waals surface area contributed by atoms with Crippen molar-refractivity contribution in [2.45, 2.75) is 13.0 Å². The summed E-state index contributed by atoms with van der Waals surface area (Å²) in [5, 5.41) is 17.9. The Kier molecular flexibility index (Phi) is 2.46. The van der Waals surface area contributed by atoms with E-state index < -0.39 is 18.0 Å². The topological polar surface area (TPSA) is 66.8 Å². The average molecular weight is 160 g/mol. The Bertz CT molecular complexity index is 155. The molecule has 0 aromatic carbocycles. The number of rotatable bonds is 2. The maximum atomic E-state index is 10.9. The van der Waals surface area contributed by atoms with Crippen LogP contribution >= 0.6 is 0 Å². The number of hydrogen-bond donors (Lipinski definition) is 2. The Morgan fingerprint density at radius 3 is 2.82 bits per heavy atom. The predicted molar refractivity (Wildman–Crippen MR) is 36.7 cm³/mol. The molecule has 1 aliphatic rings. The van der Waals surface area contributed by atoms with Crippen molar-refractivity contribution in [1.82, 2.24) is 0 Å². The molecule has 1 heterocycles. The fraction of sp³-hybridized carbons (Fsp3) is 0.857. The van der Waals surface area contributed by atoms with E-state index in [0.717, 1.165) is 0 Å². The Labute approximate surface area is 64.8 Å². The predicted octanol–water partition coefficient (Wildman–Crippen LogP) is -0.851. The highest BCUT2D eigenvalue weighted by Gasteiger charge is 2.39. The standard InChI is InChI=1S/C7H12O4/c1-4(9)6-5(2-8)3-11-7(6)10/h4-6,8-9H,2-3H2,1H3. The number of hydrogen-bond acceptors (Lipinski definition) is 4. The van der Waals surface area contributed by atoms with Crippen LogP contribution in [0.3, 0.4) is 0 Å². The maximum absolute atomic E-state index is 10.9. The first-order valence-corrected chi connectivity index (χ1v) is 3.62. The third kappa shape index (κ3) is 1.52. The second kappa shape index (κ2) is 3.19. The van der Waals surface area contributed by atoms with Gasteiger partial charge in [-0.15, -0.1) is 0 Å². The van der Waals surface area contributed by atoms with Gasteiger partial charge < -0.3 is 14.9 Å². The van der Waals surface area contributed by atoms with Crippen LogP contribution in [0.5, 0.6) is 0 Å². The van der Waals surface area contributed by atoms with Crippen molar-refractivity contribution in [3.63, 3.8) is 0 Å². The zero-order valence-electron chi connectivity index (χ0n) is 6.36. The number of esters is 1. The number of aliphatic hydroxyl groups excluding tert-OH is 2. The van der Waals surface area contributed by atoms with Gasteiger partial charge in [-0.05, 0) is 6.92 Å². The van der Waals surface area contributed by atoms with E-state index in [-0.39, 0.29) is 19.1 Å². The van der Waals surface area contributed by atoms with Crippen molar-refractivity contribution in [3.8, 4) is 0 Å². The van der Waals surface area contributed by atoms with Crippen LogP contribution < -0.4 is 0 Å². The van der Waals surface area contributed by atoms with Gasteiger partial charge in [0.1, 0.15) is 0 Å². The van der Waals surface area contributed by atoms with E-state index >= 15 is 0 Å². The Balaban J connectivity index is 2.63. The molecule has 3 atom stereocenters. The third-order valence-corrected chi connectivity index (χ3v) is 1.97. The monoisotopic (exact) mass is 160 g/mol. The summed E-state index contributed by atoms with van der Waals surface area (Å²) in [6.45, 7) is 1.64. The molecule has 0 radical (unpaired) electrons. The first kappa shape index (κ1) is 8.49. The molecule has 1 saturated heterocycles. The van der Waals surface area contributed by atoms with Gasteiger partial charge in [-0.1, -0.05) is 0 Å². The summed E-state index contributed by atoms with van der Waals surface area (Å²) < 4.78 is 4.67. The molecule has 1 fully saturated rings. The average Bonchev–Trinajstić information content (AvgIpc) is 2.30. The largest absolute Gasteiger partial charge is 0.465 e. The molecule has 4 heteroatoms. The summed E-state index contributed by atoms with van der Waals surface area (Å²) in [6.07, 6.45) is -0.734. The zero-order chi connectivity index (χ0) is 8.43. The third-order valence-electron chi connectivity index (χ3n) is 1.97. The fourth-order valence-electron chi connectivity index (χ4n) is 1.34. The lowest BCUT2D eigenvalue weighted by Gasteiger charge is -2.14. The minimum absolute atomic E-state index is 0.110. The molecule has 0 bridgehead atoms. The van der Waals surface area contributed by atoms with Crippen LogP contribution in [-0.4, -0.2) is 35.5 Å². The Morgan fingerprint density at radius 2 is 2.45 bits per heavy atom. The van der Waals surface area contributed by atoms with E-state index in [1.165, 1.54) is 6.92 Å². The Hall–Kier alpha value is -0.610. The molecular formula is C7H12O4. The minimum atomic E-state index is -0.734. The van der Waals surface area contributed by atoms with Gasteiger partial charge in [0, 0.05) is 5.92 Å². The highest BCUT2D eigenvalue weighted by atomic mass is 16.5. The van der Waals surface area contributed by atoms with Gasteiger partial charge in [0.05, 0.1) is 25.2 Å². The molecule has 0 aromatic rings. The van der Waals surface area contributed by atoms with Crippen LogP contribution in [0.4, 0.5) is 0 Å². The van der Waals surface area contributed by atoms with Crippen LogP contribution in [0.25, 0.3) is 0 Å². The van der Waals surface area contributed by atoms with Gasteiger partial charge in [0.2, 0.25) is 0 Å². The lowest BCUT2D eigenvalue weighted by molar-refractivity contribution is -0.143. The minimum Gasteiger partial charge on any atom is -0.465 e. The van der Waals surface area contributed by atoms with Crippen molar-refractivity contribution in [1.29, 1.82) is 0 Å². The van der Waals surface area contributed by atoms with Gasteiger partial charge in [-0.25, -0.2) is 0 Å². The van der Waals surface area contributed by atoms with Crippen molar-refractivity contribution < 1.29 is 19.7 Å². The quantitative estimate of drug-likeness (QED) is 0.516. The molecule has 11 heavy (non-hydrogen) atoms. The molecule has 0 aromatic heterocycles. The molecule has 0 aliphatic carbocycles. The molecule has 0 saturated carbocycles. The SMILES string of the molecule is CC(O)C1C(=O)OCC1CO. The van der Waals surface area contributed by atoms with E-state index in [1.807, 2.05) is 0 Å². The van der Waals surface area contributed by atoms with E-state index in [9.17, 15) is 4.79 Å². The van der Waals surface area contributed by atoms with Crippen molar-refractivity contribution in [2.24, 2.45) is 11.8 Å². The first-order valence-electron chi connectivity index (χ1n) is 3.62. The van der Waals surface area contributed by atoms with Crippen molar-refractivity contribution >= 4 is 5.97 Å². The first-order chi connectivity index (χ1) is 5.16. The summed E-state index contributed by atoms with van der Waals surface area (Å²) in [7, 11) is 0. The number of cyclic esters (lactones) is 1. The van der Waals surface area contributed by atoms with E-state index in [1.54, 1.807) is 0 Å². The van der Waals surface area contributed by atoms with Crippen molar-refractivity contribution in [3.05, 3.63) is 0 Å². The maximum Gasteiger partial charge on any atom is 0.312 e. The second-order valence-electron chi connectivity index (χ2n) is 2.84. The molecule has 64 valence electrons. The molecular weight excluding hydrogens is 148 g/mol. The molecule has 0 spiro atoms. The number of carbonyl (C=O) groups excluding carboxylic acids is 1. The summed E-state index contributed by atoms with van der Waals surface area (Å²) in [4.78, 5) is 10.9. The number of aliphatic hydroxyl groups is 2. The van der Waals surface area contributed by atoms with Gasteiger partial charge >= 0.3 is 5.97 Å². The summed E-state index contributed by atoms with van der Waals surface area (Å²) in [5.41, 5.74) is 0. The molecule has 2 N–H and O–H groups in total. The lowest BCUT2D eigenvalue weighted by atomic mass is 9.92. The van der Waals surface area contributed by atoms with Gasteiger partial charge in [0.25, 0.3) is 0 Å². The van der Waals surface area contributed by atoms with E-state index in [4.69, 9.17) is 10.2 Å². The van der Waals surface area contributed by atoms with Crippen LogP contribution in [0.2, 0.25) is 0 Å². The zero-order valence-corrected chi connectivity index (χ0v) is 6.36. The van der Waals surface area contributed by atoms with Crippen molar-refractivity contribution in [2.75, 3.05) is 13.2 Å². The summed E-state index contributed by atoms with van der Waals surface area (Å²) in [6, 6.07) is 0. The highest BCUT2D eigenvalue weighted by Crippen LogP contribution is 2.24. The lowest BCUT2D eigenvalue weighted by Crippen LogP contribution is -2.29. The van der Waals surface area contributed by atoms with Gasteiger partial charge in [-0.2, -0.15) is 0 Å². The van der Waals surface area contributed by atoms with E-state index in [2.05, 4.69) is 4.74 Å². The summed E-state index contributed by atoms with van der Waals surface area (Å²) in [5.74, 6) is -1.18. The number of carbonyl (C=O) groups is 1. The second-order valence-corrected chi connectivity index (χ2v) is 2.84. The van der Waals surface area contributed by atoms with Gasteiger partial charge in [-0.3, -0.25) is 4.79 Å². The van der Waals surface area contributed by atoms with Crippen LogP contribution in [-0.2, 0) is 9.53 Å². The van der Waals surface area contributed by atoms with Crippen LogP contribution in [0, 0.1) is 11.8 Å². The van der Waals surface area contributed by atoms with Crippen LogP contribution in [0.1, 0.15) is 6.92 Å². The Morgan fingerprint density at radius 1 is 1.82 bits per heavy atom.